The van der Waals surface area contributed by atoms with Crippen LogP contribution in [0.5, 0.6) is 5.75 Å². The van der Waals surface area contributed by atoms with Crippen LogP contribution in [-0.2, 0) is 11.2 Å². The Morgan fingerprint density at radius 2 is 2.06 bits per heavy atom. The van der Waals surface area contributed by atoms with Crippen molar-refractivity contribution >= 4 is 23.3 Å². The highest BCUT2D eigenvalue weighted by molar-refractivity contribution is 6.03. The molecule has 0 saturated heterocycles. The zero-order valence-electron chi connectivity index (χ0n) is 18.6. The Kier molecular flexibility index (Phi) is 4.74. The summed E-state index contributed by atoms with van der Waals surface area (Å²) in [6, 6.07) is 11.3. The molecular weight excluding hydrogens is 418 g/mol. The first-order valence-electron chi connectivity index (χ1n) is 10.8. The number of nitrogen functional groups attached to an aromatic ring is 1. The molecule has 0 radical (unpaired) electrons. The molecule has 3 N–H and O–H groups in total. The summed E-state index contributed by atoms with van der Waals surface area (Å²) in [7, 11) is 0. The van der Waals surface area contributed by atoms with Crippen molar-refractivity contribution in [3.8, 4) is 22.6 Å². The number of anilines is 2. The topological polar surface area (TPSA) is 102 Å². The van der Waals surface area contributed by atoms with E-state index in [1.54, 1.807) is 9.58 Å². The lowest BCUT2D eigenvalue weighted by molar-refractivity contribution is -0.115. The molecule has 0 bridgehead atoms. The molecular formula is C25H25N5O3. The highest BCUT2D eigenvalue weighted by Crippen LogP contribution is 2.39. The highest BCUT2D eigenvalue weighted by atomic mass is 16.5. The van der Waals surface area contributed by atoms with E-state index in [1.165, 1.54) is 6.08 Å². The Balaban J connectivity index is 1.53. The zero-order valence-corrected chi connectivity index (χ0v) is 18.6. The van der Waals surface area contributed by atoms with E-state index in [9.17, 15) is 9.59 Å². The standard InChI is InChI=1S/C25H25N5O3/c1-4-22(31)29-14-25(2,3)33-21-8-6-17(12-20(21)29)30-13-19(23(26)28-30)15-5-7-18-16(11-15)9-10-27-24(18)32/h4-8,11-13H,1,9-10,14H2,2-3H3,(H2,26,28)(H,27,32). The van der Waals surface area contributed by atoms with Gasteiger partial charge < -0.3 is 20.7 Å². The summed E-state index contributed by atoms with van der Waals surface area (Å²) in [5.41, 5.74) is 10.5. The minimum absolute atomic E-state index is 0.0513. The normalized spacial score (nSPS) is 16.3. The van der Waals surface area contributed by atoms with Crippen molar-refractivity contribution in [3.05, 3.63) is 66.4 Å². The summed E-state index contributed by atoms with van der Waals surface area (Å²) in [5, 5.41) is 7.36. The number of nitrogens with two attached hydrogens (primary N) is 1. The van der Waals surface area contributed by atoms with E-state index >= 15 is 0 Å². The zero-order chi connectivity index (χ0) is 23.3. The third kappa shape index (κ3) is 3.63. The second-order valence-electron chi connectivity index (χ2n) is 8.89. The van der Waals surface area contributed by atoms with Gasteiger partial charge in [-0.15, -0.1) is 0 Å². The van der Waals surface area contributed by atoms with Crippen LogP contribution in [-0.4, -0.2) is 40.3 Å². The predicted octanol–water partition coefficient (Wildman–Crippen LogP) is 3.10. The van der Waals surface area contributed by atoms with Gasteiger partial charge in [0.15, 0.2) is 5.82 Å². The maximum Gasteiger partial charge on any atom is 0.251 e. The van der Waals surface area contributed by atoms with Gasteiger partial charge in [-0.2, -0.15) is 5.10 Å². The van der Waals surface area contributed by atoms with E-state index < -0.39 is 5.60 Å². The monoisotopic (exact) mass is 443 g/mol. The third-order valence-corrected chi connectivity index (χ3v) is 5.95. The molecule has 2 aliphatic heterocycles. The van der Waals surface area contributed by atoms with Crippen LogP contribution in [0.2, 0.25) is 0 Å². The van der Waals surface area contributed by atoms with Crippen LogP contribution in [0.3, 0.4) is 0 Å². The molecule has 2 aliphatic rings. The van der Waals surface area contributed by atoms with E-state index in [-0.39, 0.29) is 11.8 Å². The maximum atomic E-state index is 12.5. The van der Waals surface area contributed by atoms with E-state index in [4.69, 9.17) is 10.5 Å². The molecule has 2 aromatic carbocycles. The van der Waals surface area contributed by atoms with Gasteiger partial charge in [0.1, 0.15) is 11.4 Å². The van der Waals surface area contributed by atoms with Gasteiger partial charge >= 0.3 is 0 Å². The van der Waals surface area contributed by atoms with Gasteiger partial charge in [0.05, 0.1) is 17.9 Å². The summed E-state index contributed by atoms with van der Waals surface area (Å²) in [6.07, 6.45) is 3.93. The van der Waals surface area contributed by atoms with Crippen molar-refractivity contribution in [2.75, 3.05) is 23.7 Å². The molecule has 33 heavy (non-hydrogen) atoms. The maximum absolute atomic E-state index is 12.5. The minimum atomic E-state index is -0.514. The summed E-state index contributed by atoms with van der Waals surface area (Å²) >= 11 is 0. The quantitative estimate of drug-likeness (QED) is 0.606. The summed E-state index contributed by atoms with van der Waals surface area (Å²) in [6.45, 7) is 8.54. The summed E-state index contributed by atoms with van der Waals surface area (Å²) in [4.78, 5) is 26.2. The van der Waals surface area contributed by atoms with E-state index in [0.29, 0.717) is 35.9 Å². The molecule has 0 aliphatic carbocycles. The lowest BCUT2D eigenvalue weighted by atomic mass is 9.96. The second kappa shape index (κ2) is 7.51. The van der Waals surface area contributed by atoms with Crippen molar-refractivity contribution in [2.24, 2.45) is 0 Å². The van der Waals surface area contributed by atoms with Crippen LogP contribution in [0.25, 0.3) is 16.8 Å². The largest absolute Gasteiger partial charge is 0.484 e. The minimum Gasteiger partial charge on any atom is -0.484 e. The number of carbonyl (C=O) groups is 2. The Hall–Kier alpha value is -4.07. The molecule has 5 rings (SSSR count). The molecule has 3 aromatic rings. The number of hydrogen-bond acceptors (Lipinski definition) is 5. The van der Waals surface area contributed by atoms with E-state index in [1.807, 2.05) is 56.4 Å². The summed E-state index contributed by atoms with van der Waals surface area (Å²) in [5.74, 6) is 0.760. The van der Waals surface area contributed by atoms with E-state index in [0.717, 1.165) is 28.8 Å². The number of benzene rings is 2. The number of nitrogens with zero attached hydrogens (tertiary/aromatic N) is 3. The smallest absolute Gasteiger partial charge is 0.251 e. The van der Waals surface area contributed by atoms with Crippen LogP contribution >= 0.6 is 0 Å². The number of aromatic nitrogens is 2. The van der Waals surface area contributed by atoms with Crippen LogP contribution in [0.15, 0.2) is 55.3 Å². The number of hydrogen-bond donors (Lipinski definition) is 2. The molecule has 0 spiro atoms. The number of nitrogens with one attached hydrogen (secondary N) is 1. The SMILES string of the molecule is C=CC(=O)N1CC(C)(C)Oc2ccc(-n3cc(-c4ccc5c(c4)CCNC5=O)c(N)n3)cc21. The Morgan fingerprint density at radius 3 is 2.85 bits per heavy atom. The number of carbonyl (C=O) groups excluding carboxylic acids is 2. The van der Waals surface area contributed by atoms with Gasteiger partial charge in [-0.3, -0.25) is 9.59 Å². The van der Waals surface area contributed by atoms with Gasteiger partial charge in [0, 0.05) is 23.9 Å². The molecule has 0 atom stereocenters. The molecule has 168 valence electrons. The number of rotatable bonds is 3. The van der Waals surface area contributed by atoms with Crippen LogP contribution in [0.1, 0.15) is 29.8 Å². The van der Waals surface area contributed by atoms with Gasteiger partial charge in [0.2, 0.25) is 0 Å². The first-order chi connectivity index (χ1) is 15.8. The lowest BCUT2D eigenvalue weighted by Crippen LogP contribution is -2.48. The molecule has 0 unspecified atom stereocenters. The Morgan fingerprint density at radius 1 is 1.24 bits per heavy atom. The second-order valence-corrected chi connectivity index (χ2v) is 8.89. The lowest BCUT2D eigenvalue weighted by Gasteiger charge is -2.39. The molecule has 3 heterocycles. The number of fused-ring (bicyclic) bond motifs is 2. The van der Waals surface area contributed by atoms with Gasteiger partial charge in [-0.05, 0) is 61.7 Å². The molecule has 8 nitrogen and oxygen atoms in total. The molecule has 1 aromatic heterocycles. The van der Waals surface area contributed by atoms with E-state index in [2.05, 4.69) is 17.0 Å². The van der Waals surface area contributed by atoms with Crippen LogP contribution < -0.4 is 20.7 Å². The first kappa shape index (κ1) is 20.8. The average Bonchev–Trinajstić information content (AvgIpc) is 3.18. The van der Waals surface area contributed by atoms with Gasteiger partial charge in [-0.25, -0.2) is 4.68 Å². The highest BCUT2D eigenvalue weighted by Gasteiger charge is 2.34. The van der Waals surface area contributed by atoms with Crippen molar-refractivity contribution < 1.29 is 14.3 Å². The molecule has 0 fully saturated rings. The van der Waals surface area contributed by atoms with Gasteiger partial charge in [-0.1, -0.05) is 18.7 Å². The third-order valence-electron chi connectivity index (χ3n) is 5.95. The molecule has 2 amide bonds. The fourth-order valence-electron chi connectivity index (χ4n) is 4.39. The van der Waals surface area contributed by atoms with Crippen molar-refractivity contribution in [1.82, 2.24) is 15.1 Å². The fraction of sp³-hybridized carbons (Fsp3) is 0.240. The Bertz CT molecular complexity index is 1310. The van der Waals surface area contributed by atoms with Crippen molar-refractivity contribution in [2.45, 2.75) is 25.9 Å². The Labute approximate surface area is 191 Å². The van der Waals surface area contributed by atoms with Crippen molar-refractivity contribution in [1.29, 1.82) is 0 Å². The molecule has 0 saturated carbocycles. The van der Waals surface area contributed by atoms with Crippen LogP contribution in [0, 0.1) is 0 Å². The fourth-order valence-corrected chi connectivity index (χ4v) is 4.39. The van der Waals surface area contributed by atoms with Crippen molar-refractivity contribution in [3.63, 3.8) is 0 Å². The molecule has 8 heteroatoms. The first-order valence-corrected chi connectivity index (χ1v) is 10.8. The van der Waals surface area contributed by atoms with Crippen LogP contribution in [0.4, 0.5) is 11.5 Å². The summed E-state index contributed by atoms with van der Waals surface area (Å²) < 4.78 is 7.77. The predicted molar refractivity (Wildman–Crippen MR) is 127 cm³/mol. The number of amides is 2. The average molecular weight is 444 g/mol. The van der Waals surface area contributed by atoms with Gasteiger partial charge in [0.25, 0.3) is 11.8 Å². The number of ether oxygens (including phenoxy) is 1.